The first kappa shape index (κ1) is 68.3. The monoisotopic (exact) mass is 1820 g/mol. The van der Waals surface area contributed by atoms with E-state index in [1.54, 1.807) is 0 Å². The third-order valence-corrected chi connectivity index (χ3v) is 28.0. The van der Waals surface area contributed by atoms with Crippen molar-refractivity contribution < 1.29 is 33.8 Å². The molecule has 4 aromatic heterocycles. The number of benzene rings is 25. The van der Waals surface area contributed by atoms with E-state index < -0.39 is 18.1 Å². The highest BCUT2D eigenvalue weighted by molar-refractivity contribution is 6.27. The van der Waals surface area contributed by atoms with Gasteiger partial charge in [0.25, 0.3) is 0 Å². The molecule has 0 spiro atoms. The third-order valence-electron chi connectivity index (χ3n) is 28.0. The Hall–Kier alpha value is -18.7. The fourth-order valence-electron chi connectivity index (χ4n) is 22.1. The van der Waals surface area contributed by atoms with E-state index in [1.165, 1.54) is 10.8 Å². The van der Waals surface area contributed by atoms with E-state index in [0.29, 0.717) is 16.7 Å². The maximum absolute atomic E-state index is 8.94. The highest BCUT2D eigenvalue weighted by Gasteiger charge is 2.27. The number of rotatable bonds is 12. The van der Waals surface area contributed by atoms with Crippen LogP contribution in [0.1, 0.15) is 20.6 Å². The second kappa shape index (κ2) is 34.8. The highest BCUT2D eigenvalue weighted by Crippen LogP contribution is 2.53. The van der Waals surface area contributed by atoms with E-state index in [1.807, 2.05) is 194 Å². The molecule has 29 rings (SSSR count). The predicted molar refractivity (Wildman–Crippen MR) is 600 cm³/mol. The Kier molecular flexibility index (Phi) is 16.7. The Labute approximate surface area is 841 Å². The Morgan fingerprint density at radius 1 is 0.148 bits per heavy atom. The van der Waals surface area contributed by atoms with Gasteiger partial charge in [0.1, 0.15) is 33.5 Å². The minimum Gasteiger partial charge on any atom is -0.456 e. The van der Waals surface area contributed by atoms with Crippen molar-refractivity contribution in [2.45, 2.75) is 0 Å². The van der Waals surface area contributed by atoms with E-state index in [9.17, 15) is 0 Å². The van der Waals surface area contributed by atoms with E-state index >= 15 is 0 Å². The van der Waals surface area contributed by atoms with E-state index in [2.05, 4.69) is 247 Å². The van der Waals surface area contributed by atoms with Gasteiger partial charge in [-0.1, -0.05) is 449 Å². The van der Waals surface area contributed by atoms with Crippen LogP contribution in [0, 0.1) is 0 Å². The SMILES string of the molecule is [2H]c1c([2H])c([2H])c(-c2c3ccccc3c(-c3ccc(-c4ccc5oc6ccccc6c5c4-c4ccc5c(c4)c4ccccc4n5-c4ccccc4)cc3)c3ccccc23)c([2H])c1[2H].[2H]c1c([2H])c([2H])c(-c2c3ccccc3c(-c3cccc(-c4c(-c5ccccc5)ccc5oc6ccccc6c45)c3)c3ccccc23)c([2H])c1[2H].[2H]c1c([2H])c([2H])c(-c2c3ccccc3c(-c3cccc(-c4cccc5oc6ccccc6c45)c3)c3ccccc23)c([2H])c1[2H]. The standard InChI is InChI=1S/C56H35NO.C44H28O.C38H24O/c1-3-15-37(16-4-1)53-43-20-7-9-22-45(43)54(46-23-10-8-21-44(46)53)38-29-27-36(28-30-38)41-32-34-52-56(47-24-12-14-26-51(47)58-52)55(41)39-31-33-50-48(35-39)42-19-11-13-25-49(42)57(50)40-17-5-2-6-18-40;1-3-14-29(15-4-1)33-26-27-40-44(38-24-11-12-25-39(38)45-40)43(33)32-19-13-18-31(28-32)42-36-22-9-7-20-34(36)41(30-16-5-2-6-17-30)35-21-8-10-23-37(35)42;1-2-12-25(13-3-1)36-29-16-4-6-18-31(29)37(32-19-7-5-17-30(32)36)27-15-10-14-26(24-27)28-21-11-23-35-38(28)33-20-8-9-22-34(33)39-35/h1-35H;1-28H;1-24H/i1D,3D,4D,15D,16D;2D,5D,6D,16D,17D;1D,2D,3D,12D,13D. The van der Waals surface area contributed by atoms with Gasteiger partial charge in [0, 0.05) is 59.9 Å². The molecule has 25 aromatic carbocycles. The molecule has 4 heterocycles. The molecule has 0 saturated carbocycles. The normalized spacial score (nSPS) is 13.1. The van der Waals surface area contributed by atoms with Crippen LogP contribution >= 0.6 is 0 Å². The lowest BCUT2D eigenvalue weighted by molar-refractivity contribution is 0.668. The van der Waals surface area contributed by atoms with Gasteiger partial charge in [0.2, 0.25) is 0 Å². The van der Waals surface area contributed by atoms with E-state index in [4.69, 9.17) is 33.8 Å². The molecule has 0 aliphatic heterocycles. The van der Waals surface area contributed by atoms with Gasteiger partial charge in [0.15, 0.2) is 0 Å². The summed E-state index contributed by atoms with van der Waals surface area (Å²) in [7, 11) is 0. The summed E-state index contributed by atoms with van der Waals surface area (Å²) in [6, 6.07) is 144. The van der Waals surface area contributed by atoms with Crippen LogP contribution < -0.4 is 0 Å². The van der Waals surface area contributed by atoms with Crippen LogP contribution in [-0.4, -0.2) is 4.57 Å². The van der Waals surface area contributed by atoms with Gasteiger partial charge in [0.05, 0.1) is 31.6 Å². The second-order valence-electron chi connectivity index (χ2n) is 35.7. The minimum absolute atomic E-state index is 0.202. The van der Waals surface area contributed by atoms with Gasteiger partial charge < -0.3 is 17.8 Å². The molecule has 662 valence electrons. The maximum atomic E-state index is 8.94. The van der Waals surface area contributed by atoms with Gasteiger partial charge in [-0.3, -0.25) is 0 Å². The number of hydrogen-bond donors (Lipinski definition) is 0. The number of aromatic nitrogens is 1. The van der Waals surface area contributed by atoms with Crippen molar-refractivity contribution in [1.82, 2.24) is 4.57 Å². The summed E-state index contributed by atoms with van der Waals surface area (Å²) in [5.74, 6) is 0. The largest absolute Gasteiger partial charge is 0.456 e. The van der Waals surface area contributed by atoms with Gasteiger partial charge in [-0.2, -0.15) is 0 Å². The van der Waals surface area contributed by atoms with Crippen LogP contribution in [0.4, 0.5) is 0 Å². The third kappa shape index (κ3) is 14.0. The first-order valence-electron chi connectivity index (χ1n) is 55.0. The van der Waals surface area contributed by atoms with Gasteiger partial charge in [-0.05, 0) is 255 Å². The van der Waals surface area contributed by atoms with Crippen molar-refractivity contribution in [3.05, 3.63) is 527 Å². The quantitative estimate of drug-likeness (QED) is 0.115. The molecule has 142 heavy (non-hydrogen) atoms. The highest BCUT2D eigenvalue weighted by atomic mass is 16.3. The van der Waals surface area contributed by atoms with Crippen molar-refractivity contribution in [2.75, 3.05) is 0 Å². The Bertz CT molecular complexity index is 10800. The molecule has 4 nitrogen and oxygen atoms in total. The topological polar surface area (TPSA) is 44.4 Å². The summed E-state index contributed by atoms with van der Waals surface area (Å²) in [5.41, 5.74) is 27.9. The summed E-state index contributed by atoms with van der Waals surface area (Å²) < 4.78 is 150. The number of hydrogen-bond acceptors (Lipinski definition) is 3. The zero-order valence-corrected chi connectivity index (χ0v) is 76.2. The van der Waals surface area contributed by atoms with Crippen molar-refractivity contribution >= 4 is 152 Å². The Morgan fingerprint density at radius 3 is 0.845 bits per heavy atom. The molecule has 0 saturated heterocycles. The Morgan fingerprint density at radius 2 is 0.423 bits per heavy atom. The molecule has 0 bridgehead atoms. The maximum Gasteiger partial charge on any atom is 0.136 e. The molecular weight excluding hydrogens is 1720 g/mol. The van der Waals surface area contributed by atoms with Crippen molar-refractivity contribution in [2.24, 2.45) is 0 Å². The number of nitrogens with zero attached hydrogens (tertiary/aromatic N) is 1. The molecule has 0 aliphatic carbocycles. The summed E-state index contributed by atoms with van der Waals surface area (Å²) in [6.45, 7) is 0. The van der Waals surface area contributed by atoms with Crippen LogP contribution in [0.5, 0.6) is 0 Å². The van der Waals surface area contributed by atoms with Crippen LogP contribution in [0.15, 0.2) is 541 Å². The van der Waals surface area contributed by atoms with Crippen LogP contribution in [0.3, 0.4) is 0 Å². The number of para-hydroxylation sites is 5. The molecule has 0 aliphatic rings. The number of furan rings is 3. The van der Waals surface area contributed by atoms with Crippen LogP contribution in [0.2, 0.25) is 0 Å². The molecule has 0 unspecified atom stereocenters. The van der Waals surface area contributed by atoms with Gasteiger partial charge >= 0.3 is 0 Å². The lowest BCUT2D eigenvalue weighted by Crippen LogP contribution is -1.93. The fraction of sp³-hybridized carbons (Fsp3) is 0. The smallest absolute Gasteiger partial charge is 0.136 e. The van der Waals surface area contributed by atoms with E-state index in [-0.39, 0.29) is 89.2 Å². The summed E-state index contributed by atoms with van der Waals surface area (Å²) in [6.07, 6.45) is 0. The molecule has 0 amide bonds. The average Bonchev–Trinajstić information content (AvgIpc) is 1.72. The summed E-state index contributed by atoms with van der Waals surface area (Å²) in [5, 5.41) is 19.3. The molecule has 0 fully saturated rings. The molecule has 29 aromatic rings. The van der Waals surface area contributed by atoms with Crippen molar-refractivity contribution in [1.29, 1.82) is 0 Å². The van der Waals surface area contributed by atoms with E-state index in [0.717, 1.165) is 236 Å². The first-order valence-corrected chi connectivity index (χ1v) is 47.5. The molecular formula is C138H87NO3. The zero-order chi connectivity index (χ0) is 107. The van der Waals surface area contributed by atoms with Crippen molar-refractivity contribution in [3.63, 3.8) is 0 Å². The van der Waals surface area contributed by atoms with Crippen LogP contribution in [-0.2, 0) is 0 Å². The lowest BCUT2D eigenvalue weighted by Gasteiger charge is -2.19. The molecule has 0 N–H and O–H groups in total. The number of fused-ring (bicyclic) bond motifs is 18. The predicted octanol–water partition coefficient (Wildman–Crippen LogP) is 39.1. The minimum atomic E-state index is -0.404. The first-order chi connectivity index (χ1) is 76.7. The summed E-state index contributed by atoms with van der Waals surface area (Å²) >= 11 is 0. The molecule has 0 radical (unpaired) electrons. The zero-order valence-electron chi connectivity index (χ0n) is 91.2. The lowest BCUT2D eigenvalue weighted by atomic mass is 9.84. The molecule has 0 atom stereocenters. The Balaban J connectivity index is 0.000000116. The molecule has 4 heteroatoms. The van der Waals surface area contributed by atoms with Crippen molar-refractivity contribution in [3.8, 4) is 128 Å². The average molecular weight is 1820 g/mol. The van der Waals surface area contributed by atoms with Crippen LogP contribution in [0.25, 0.3) is 280 Å². The summed E-state index contributed by atoms with van der Waals surface area (Å²) in [4.78, 5) is 0. The van der Waals surface area contributed by atoms with Gasteiger partial charge in [-0.15, -0.1) is 0 Å². The second-order valence-corrected chi connectivity index (χ2v) is 35.7. The van der Waals surface area contributed by atoms with Gasteiger partial charge in [-0.25, -0.2) is 0 Å². The fourth-order valence-corrected chi connectivity index (χ4v) is 22.1.